The second-order valence-corrected chi connectivity index (χ2v) is 4.26. The lowest BCUT2D eigenvalue weighted by atomic mass is 9.78. The van der Waals surface area contributed by atoms with Crippen molar-refractivity contribution in [2.45, 2.75) is 19.8 Å². The van der Waals surface area contributed by atoms with Gasteiger partial charge >= 0.3 is 0 Å². The summed E-state index contributed by atoms with van der Waals surface area (Å²) >= 11 is 0. The molecule has 2 aliphatic rings. The van der Waals surface area contributed by atoms with E-state index in [-0.39, 0.29) is 0 Å². The second kappa shape index (κ2) is 3.75. The SMILES string of the molecule is CC1CNCCC1C1CCOC1. The fourth-order valence-corrected chi connectivity index (χ4v) is 2.63. The van der Waals surface area contributed by atoms with Crippen LogP contribution >= 0.6 is 0 Å². The van der Waals surface area contributed by atoms with Crippen molar-refractivity contribution in [3.8, 4) is 0 Å². The lowest BCUT2D eigenvalue weighted by Crippen LogP contribution is -2.38. The van der Waals surface area contributed by atoms with Crippen molar-refractivity contribution in [1.82, 2.24) is 5.32 Å². The predicted molar refractivity (Wildman–Crippen MR) is 49.1 cm³/mol. The van der Waals surface area contributed by atoms with E-state index < -0.39 is 0 Å². The van der Waals surface area contributed by atoms with Crippen molar-refractivity contribution in [2.24, 2.45) is 17.8 Å². The molecule has 2 heteroatoms. The maximum absolute atomic E-state index is 5.44. The van der Waals surface area contributed by atoms with Crippen LogP contribution in [0.1, 0.15) is 19.8 Å². The van der Waals surface area contributed by atoms with E-state index in [9.17, 15) is 0 Å². The number of piperidine rings is 1. The van der Waals surface area contributed by atoms with Crippen LogP contribution in [-0.2, 0) is 4.74 Å². The van der Waals surface area contributed by atoms with Gasteiger partial charge in [0.25, 0.3) is 0 Å². The summed E-state index contributed by atoms with van der Waals surface area (Å²) in [7, 11) is 0. The van der Waals surface area contributed by atoms with Gasteiger partial charge < -0.3 is 10.1 Å². The number of rotatable bonds is 1. The van der Waals surface area contributed by atoms with Crippen LogP contribution in [0.4, 0.5) is 0 Å². The molecule has 3 unspecified atom stereocenters. The van der Waals surface area contributed by atoms with Gasteiger partial charge in [0.05, 0.1) is 0 Å². The Morgan fingerprint density at radius 1 is 1.33 bits per heavy atom. The highest BCUT2D eigenvalue weighted by molar-refractivity contribution is 4.82. The molecule has 3 atom stereocenters. The van der Waals surface area contributed by atoms with E-state index in [1.165, 1.54) is 25.9 Å². The maximum Gasteiger partial charge on any atom is 0.0497 e. The Balaban J connectivity index is 1.91. The molecule has 2 rings (SSSR count). The van der Waals surface area contributed by atoms with Gasteiger partial charge in [-0.05, 0) is 43.7 Å². The minimum absolute atomic E-state index is 0.852. The largest absolute Gasteiger partial charge is 0.381 e. The first-order valence-electron chi connectivity index (χ1n) is 5.16. The van der Waals surface area contributed by atoms with Gasteiger partial charge in [0, 0.05) is 13.2 Å². The molecule has 0 amide bonds. The highest BCUT2D eigenvalue weighted by Crippen LogP contribution is 2.31. The van der Waals surface area contributed by atoms with Crippen molar-refractivity contribution in [2.75, 3.05) is 26.3 Å². The van der Waals surface area contributed by atoms with Crippen molar-refractivity contribution < 1.29 is 4.74 Å². The Kier molecular flexibility index (Phi) is 2.66. The maximum atomic E-state index is 5.44. The third kappa shape index (κ3) is 1.64. The average molecular weight is 169 g/mol. The van der Waals surface area contributed by atoms with Crippen LogP contribution in [0.3, 0.4) is 0 Å². The van der Waals surface area contributed by atoms with Gasteiger partial charge in [-0.1, -0.05) is 6.92 Å². The molecular weight excluding hydrogens is 150 g/mol. The first kappa shape index (κ1) is 8.52. The highest BCUT2D eigenvalue weighted by Gasteiger charge is 2.31. The number of ether oxygens (including phenoxy) is 1. The third-order valence-corrected chi connectivity index (χ3v) is 3.42. The topological polar surface area (TPSA) is 21.3 Å². The van der Waals surface area contributed by atoms with Gasteiger partial charge in [-0.3, -0.25) is 0 Å². The average Bonchev–Trinajstić information content (AvgIpc) is 2.57. The minimum atomic E-state index is 0.852. The molecule has 70 valence electrons. The zero-order valence-corrected chi connectivity index (χ0v) is 7.88. The Bertz CT molecular complexity index is 143. The molecule has 0 spiro atoms. The summed E-state index contributed by atoms with van der Waals surface area (Å²) < 4.78 is 5.44. The van der Waals surface area contributed by atoms with Crippen LogP contribution in [0.2, 0.25) is 0 Å². The molecule has 12 heavy (non-hydrogen) atoms. The predicted octanol–water partition coefficient (Wildman–Crippen LogP) is 1.27. The quantitative estimate of drug-likeness (QED) is 0.638. The van der Waals surface area contributed by atoms with Gasteiger partial charge in [-0.2, -0.15) is 0 Å². The van der Waals surface area contributed by atoms with Gasteiger partial charge in [-0.15, -0.1) is 0 Å². The van der Waals surface area contributed by atoms with E-state index in [1.807, 2.05) is 0 Å². The van der Waals surface area contributed by atoms with Crippen LogP contribution in [-0.4, -0.2) is 26.3 Å². The second-order valence-electron chi connectivity index (χ2n) is 4.26. The lowest BCUT2D eigenvalue weighted by Gasteiger charge is -2.33. The first-order valence-corrected chi connectivity index (χ1v) is 5.16. The fraction of sp³-hybridized carbons (Fsp3) is 1.00. The molecule has 0 bridgehead atoms. The highest BCUT2D eigenvalue weighted by atomic mass is 16.5. The number of hydrogen-bond acceptors (Lipinski definition) is 2. The Morgan fingerprint density at radius 2 is 2.25 bits per heavy atom. The molecular formula is C10H19NO. The van der Waals surface area contributed by atoms with Crippen molar-refractivity contribution >= 4 is 0 Å². The number of hydrogen-bond donors (Lipinski definition) is 1. The molecule has 2 saturated heterocycles. The molecule has 0 aliphatic carbocycles. The van der Waals surface area contributed by atoms with Crippen LogP contribution in [0.5, 0.6) is 0 Å². The molecule has 0 aromatic rings. The fourth-order valence-electron chi connectivity index (χ4n) is 2.63. The Morgan fingerprint density at radius 3 is 2.92 bits per heavy atom. The summed E-state index contributed by atoms with van der Waals surface area (Å²) in [6, 6.07) is 0. The summed E-state index contributed by atoms with van der Waals surface area (Å²) in [5.41, 5.74) is 0. The van der Waals surface area contributed by atoms with Crippen LogP contribution in [0, 0.1) is 17.8 Å². The summed E-state index contributed by atoms with van der Waals surface area (Å²) in [6.45, 7) is 6.82. The van der Waals surface area contributed by atoms with E-state index in [0.29, 0.717) is 0 Å². The molecule has 0 radical (unpaired) electrons. The van der Waals surface area contributed by atoms with Crippen molar-refractivity contribution in [3.63, 3.8) is 0 Å². The zero-order chi connectivity index (χ0) is 8.39. The minimum Gasteiger partial charge on any atom is -0.381 e. The zero-order valence-electron chi connectivity index (χ0n) is 7.88. The van der Waals surface area contributed by atoms with Crippen LogP contribution in [0.15, 0.2) is 0 Å². The van der Waals surface area contributed by atoms with Crippen LogP contribution in [0.25, 0.3) is 0 Å². The monoisotopic (exact) mass is 169 g/mol. The Labute approximate surface area is 74.7 Å². The summed E-state index contributed by atoms with van der Waals surface area (Å²) in [5, 5.41) is 3.45. The smallest absolute Gasteiger partial charge is 0.0497 e. The molecule has 2 nitrogen and oxygen atoms in total. The first-order chi connectivity index (χ1) is 5.88. The standard InChI is InChI=1S/C10H19NO/c1-8-6-11-4-2-10(8)9-3-5-12-7-9/h8-11H,2-7H2,1H3. The van der Waals surface area contributed by atoms with E-state index in [4.69, 9.17) is 4.74 Å². The molecule has 0 saturated carbocycles. The molecule has 2 fully saturated rings. The lowest BCUT2D eigenvalue weighted by molar-refractivity contribution is 0.140. The summed E-state index contributed by atoms with van der Waals surface area (Å²) in [4.78, 5) is 0. The van der Waals surface area contributed by atoms with Gasteiger partial charge in [0.2, 0.25) is 0 Å². The van der Waals surface area contributed by atoms with E-state index in [2.05, 4.69) is 12.2 Å². The number of nitrogens with one attached hydrogen (secondary N) is 1. The normalized spacial score (nSPS) is 43.2. The van der Waals surface area contributed by atoms with Gasteiger partial charge in [-0.25, -0.2) is 0 Å². The summed E-state index contributed by atoms with van der Waals surface area (Å²) in [5.74, 6) is 2.64. The molecule has 1 N–H and O–H groups in total. The molecule has 2 heterocycles. The molecule has 0 aromatic carbocycles. The van der Waals surface area contributed by atoms with E-state index in [0.717, 1.165) is 31.0 Å². The van der Waals surface area contributed by atoms with Crippen molar-refractivity contribution in [3.05, 3.63) is 0 Å². The van der Waals surface area contributed by atoms with Gasteiger partial charge in [0.15, 0.2) is 0 Å². The van der Waals surface area contributed by atoms with Crippen molar-refractivity contribution in [1.29, 1.82) is 0 Å². The summed E-state index contributed by atoms with van der Waals surface area (Å²) in [6.07, 6.45) is 2.66. The Hall–Kier alpha value is -0.0800. The van der Waals surface area contributed by atoms with E-state index in [1.54, 1.807) is 0 Å². The molecule has 0 aromatic heterocycles. The van der Waals surface area contributed by atoms with Gasteiger partial charge in [0.1, 0.15) is 0 Å². The van der Waals surface area contributed by atoms with Crippen LogP contribution < -0.4 is 5.32 Å². The van der Waals surface area contributed by atoms with E-state index >= 15 is 0 Å². The molecule has 2 aliphatic heterocycles. The third-order valence-electron chi connectivity index (χ3n) is 3.42.